The first-order valence-corrected chi connectivity index (χ1v) is 31.0. The smallest absolute Gasteiger partial charge is 0.306 e. The molecule has 4 aromatic carbocycles. The van der Waals surface area contributed by atoms with Crippen LogP contribution < -0.4 is 0 Å². The molecule has 4 N–H and O–H groups in total. The van der Waals surface area contributed by atoms with Crippen molar-refractivity contribution in [1.82, 2.24) is 0 Å². The van der Waals surface area contributed by atoms with Crippen LogP contribution in [0.4, 0.5) is 0 Å². The first-order chi connectivity index (χ1) is 38.9. The molecule has 4 aromatic rings. The summed E-state index contributed by atoms with van der Waals surface area (Å²) in [5.41, 5.74) is 5.03. The summed E-state index contributed by atoms with van der Waals surface area (Å²) < 4.78 is 24.6. The molecule has 0 fully saturated rings. The van der Waals surface area contributed by atoms with Crippen molar-refractivity contribution in [3.63, 3.8) is 0 Å². The Morgan fingerprint density at radius 2 is 0.488 bits per heavy atom. The highest BCUT2D eigenvalue weighted by Crippen LogP contribution is 2.44. The van der Waals surface area contributed by atoms with Gasteiger partial charge in [-0.25, -0.2) is 0 Å². The van der Waals surface area contributed by atoms with Gasteiger partial charge >= 0.3 is 17.9 Å². The van der Waals surface area contributed by atoms with Crippen molar-refractivity contribution in [2.45, 2.75) is 261 Å². The van der Waals surface area contributed by atoms with E-state index in [-0.39, 0.29) is 78.5 Å². The number of rotatable bonds is 22. The van der Waals surface area contributed by atoms with Crippen molar-refractivity contribution in [2.75, 3.05) is 33.0 Å². The molecule has 0 bridgehead atoms. The standard InChI is InChI=1S/C74H110O12/c1-66(2,3)51-33-46(34-52(62(51)79)67(4,5)6)25-29-50(75)41-83-42-74(43-84-59(76)30-26-47-35-53(68(7,8)9)63(80)54(36-47)69(10,11)12,44-85-60(77)31-27-48-37-55(70(13,14)15)64(81)56(38-48)71(16,17)18)45-86-61(78)32-28-49-39-57(72(19,20)21)65(82)58(40-49)73(22,23)24/h33-40,79-82H,25-32,41-45H2,1-24H3. The average molecular weight is 1190 g/mol. The van der Waals surface area contributed by atoms with Crippen molar-refractivity contribution in [3.8, 4) is 23.0 Å². The molecule has 0 aliphatic carbocycles. The minimum atomic E-state index is -1.49. The van der Waals surface area contributed by atoms with Gasteiger partial charge in [-0.05, 0) is 136 Å². The number of phenolic OH excluding ortho intramolecular Hbond substituents is 4. The van der Waals surface area contributed by atoms with Gasteiger partial charge in [-0.2, -0.15) is 0 Å². The number of aryl methyl sites for hydroxylation is 4. The summed E-state index contributed by atoms with van der Waals surface area (Å²) >= 11 is 0. The van der Waals surface area contributed by atoms with Gasteiger partial charge < -0.3 is 39.4 Å². The lowest BCUT2D eigenvalue weighted by Crippen LogP contribution is -2.44. The van der Waals surface area contributed by atoms with Crippen LogP contribution in [0.3, 0.4) is 0 Å². The summed E-state index contributed by atoms with van der Waals surface area (Å²) in [6.07, 6.45) is 1.24. The van der Waals surface area contributed by atoms with Crippen LogP contribution in [-0.4, -0.2) is 77.2 Å². The third-order valence-electron chi connectivity index (χ3n) is 16.0. The summed E-state index contributed by atoms with van der Waals surface area (Å²) in [4.78, 5) is 56.2. The molecule has 0 unspecified atom stereocenters. The van der Waals surface area contributed by atoms with E-state index in [1.165, 1.54) is 0 Å². The maximum absolute atomic E-state index is 14.1. The fourth-order valence-electron chi connectivity index (χ4n) is 10.6. The number of aromatic hydroxyl groups is 4. The second kappa shape index (κ2) is 27.2. The number of benzene rings is 4. The van der Waals surface area contributed by atoms with Crippen molar-refractivity contribution in [1.29, 1.82) is 0 Å². The Morgan fingerprint density at radius 3 is 0.674 bits per heavy atom. The van der Waals surface area contributed by atoms with Gasteiger partial charge in [0, 0.05) is 25.7 Å². The molecular formula is C74H110O12. The van der Waals surface area contributed by atoms with Crippen molar-refractivity contribution < 1.29 is 58.6 Å². The molecule has 0 amide bonds. The molecule has 0 saturated heterocycles. The second-order valence-corrected chi connectivity index (χ2v) is 32.7. The Hall–Kier alpha value is -5.88. The summed E-state index contributed by atoms with van der Waals surface area (Å²) in [7, 11) is 0. The number of carbonyl (C=O) groups excluding carboxylic acids is 4. The Balaban J connectivity index is 1.74. The molecule has 4 rings (SSSR count). The highest BCUT2D eigenvalue weighted by molar-refractivity contribution is 5.80. The average Bonchev–Trinajstić information content (AvgIpc) is 1.09. The largest absolute Gasteiger partial charge is 0.507 e. The van der Waals surface area contributed by atoms with Crippen LogP contribution in [0.2, 0.25) is 0 Å². The molecule has 0 heterocycles. The third-order valence-corrected chi connectivity index (χ3v) is 16.0. The molecule has 0 saturated carbocycles. The lowest BCUT2D eigenvalue weighted by molar-refractivity contribution is -0.168. The number of ether oxygens (including phenoxy) is 4. The van der Waals surface area contributed by atoms with Crippen LogP contribution in [0.25, 0.3) is 0 Å². The van der Waals surface area contributed by atoms with Gasteiger partial charge in [0.1, 0.15) is 49.4 Å². The molecule has 478 valence electrons. The molecule has 0 aromatic heterocycles. The van der Waals surface area contributed by atoms with E-state index in [2.05, 4.69) is 0 Å². The Bertz CT molecular complexity index is 2660. The highest BCUT2D eigenvalue weighted by atomic mass is 16.6. The number of esters is 3. The minimum absolute atomic E-state index is 0.0441. The number of Topliss-reactive ketones (excluding diaryl/α,β-unsaturated/α-hetero) is 1. The van der Waals surface area contributed by atoms with E-state index < -0.39 is 75.6 Å². The number of ketones is 1. The molecule has 0 atom stereocenters. The lowest BCUT2D eigenvalue weighted by atomic mass is 9.78. The predicted molar refractivity (Wildman–Crippen MR) is 346 cm³/mol. The van der Waals surface area contributed by atoms with Crippen LogP contribution in [0.15, 0.2) is 48.5 Å². The van der Waals surface area contributed by atoms with Crippen LogP contribution in [0, 0.1) is 5.41 Å². The molecule has 12 nitrogen and oxygen atoms in total. The number of phenols is 4. The quantitative estimate of drug-likeness (QED) is 0.0432. The van der Waals surface area contributed by atoms with Gasteiger partial charge in [-0.1, -0.05) is 215 Å². The van der Waals surface area contributed by atoms with E-state index in [0.717, 1.165) is 66.8 Å². The Morgan fingerprint density at radius 1 is 0.302 bits per heavy atom. The molecule has 0 aliphatic rings. The topological polar surface area (TPSA) is 186 Å². The molecule has 12 heteroatoms. The zero-order chi connectivity index (χ0) is 65.7. The zero-order valence-corrected chi connectivity index (χ0v) is 57.4. The normalized spacial score (nSPS) is 13.2. The summed E-state index contributed by atoms with van der Waals surface area (Å²) in [6, 6.07) is 15.5. The number of carbonyl (C=O) groups is 4. The molecule has 86 heavy (non-hydrogen) atoms. The maximum Gasteiger partial charge on any atom is 0.306 e. The van der Waals surface area contributed by atoms with E-state index >= 15 is 0 Å². The maximum atomic E-state index is 14.1. The van der Waals surface area contributed by atoms with E-state index in [1.54, 1.807) is 0 Å². The first-order valence-electron chi connectivity index (χ1n) is 31.0. The third kappa shape index (κ3) is 20.3. The fourth-order valence-corrected chi connectivity index (χ4v) is 10.6. The van der Waals surface area contributed by atoms with Crippen molar-refractivity contribution in [2.24, 2.45) is 5.41 Å². The van der Waals surface area contributed by atoms with E-state index in [0.29, 0.717) is 25.7 Å². The Kier molecular flexibility index (Phi) is 23.0. The van der Waals surface area contributed by atoms with Crippen LogP contribution in [0.5, 0.6) is 23.0 Å². The van der Waals surface area contributed by atoms with Gasteiger partial charge in [-0.3, -0.25) is 19.2 Å². The number of hydrogen-bond donors (Lipinski definition) is 4. The van der Waals surface area contributed by atoms with Crippen LogP contribution in [-0.2, 0) is 107 Å². The molecule has 0 spiro atoms. The van der Waals surface area contributed by atoms with E-state index in [4.69, 9.17) is 18.9 Å². The predicted octanol–water partition coefficient (Wildman–Crippen LogP) is 15.9. The van der Waals surface area contributed by atoms with Gasteiger partial charge in [-0.15, -0.1) is 0 Å². The van der Waals surface area contributed by atoms with Crippen molar-refractivity contribution >= 4 is 23.7 Å². The molecule has 0 radical (unpaired) electrons. The summed E-state index contributed by atoms with van der Waals surface area (Å²) in [5.74, 6) is -0.996. The van der Waals surface area contributed by atoms with Gasteiger partial charge in [0.15, 0.2) is 5.78 Å². The minimum Gasteiger partial charge on any atom is -0.507 e. The van der Waals surface area contributed by atoms with E-state index in [1.807, 2.05) is 215 Å². The van der Waals surface area contributed by atoms with Gasteiger partial charge in [0.05, 0.1) is 12.0 Å². The second-order valence-electron chi connectivity index (χ2n) is 32.7. The zero-order valence-electron chi connectivity index (χ0n) is 57.4. The highest BCUT2D eigenvalue weighted by Gasteiger charge is 2.38. The van der Waals surface area contributed by atoms with Crippen molar-refractivity contribution in [3.05, 3.63) is 115 Å². The fraction of sp³-hybridized carbons (Fsp3) is 0.622. The van der Waals surface area contributed by atoms with E-state index in [9.17, 15) is 39.6 Å². The van der Waals surface area contributed by atoms with Gasteiger partial charge in [0.25, 0.3) is 0 Å². The SMILES string of the molecule is CC(C)(C)c1cc(CCC(=O)COCC(COC(=O)CCc2cc(C(C)(C)C)c(O)c(C(C)(C)C)c2)(COC(=O)CCc2cc(C(C)(C)C)c(O)c(C(C)(C)C)c2)COC(=O)CCc2cc(C(C)(C)C)c(O)c(C(C)(C)C)c2)cc(C(C)(C)C)c1O. The Labute approximate surface area is 517 Å². The molecular weight excluding hydrogens is 1080 g/mol. The molecule has 0 aliphatic heterocycles. The summed E-state index contributed by atoms with van der Waals surface area (Å²) in [6.45, 7) is 46.9. The monoisotopic (exact) mass is 1190 g/mol. The lowest BCUT2D eigenvalue weighted by Gasteiger charge is -2.32. The summed E-state index contributed by atoms with van der Waals surface area (Å²) in [5, 5.41) is 45.6. The van der Waals surface area contributed by atoms with Crippen LogP contribution in [0.1, 0.15) is 259 Å². The first kappa shape index (κ1) is 72.6. The van der Waals surface area contributed by atoms with Crippen LogP contribution >= 0.6 is 0 Å². The van der Waals surface area contributed by atoms with Gasteiger partial charge in [0.2, 0.25) is 0 Å². The number of hydrogen-bond acceptors (Lipinski definition) is 12.